The average Bonchev–Trinajstić information content (AvgIpc) is 2.59. The number of para-hydroxylation sites is 1. The molecular formula is C18H15F3N2O4. The third-order valence-electron chi connectivity index (χ3n) is 3.44. The van der Waals surface area contributed by atoms with Gasteiger partial charge in [-0.3, -0.25) is 0 Å². The topological polar surface area (TPSA) is 98.7 Å². The molecule has 4 N–H and O–H groups in total. The van der Waals surface area contributed by atoms with E-state index in [1.54, 1.807) is 30.3 Å². The number of hydrogen-bond acceptors (Lipinski definition) is 4. The van der Waals surface area contributed by atoms with Gasteiger partial charge in [-0.25, -0.2) is 9.59 Å². The molecule has 142 valence electrons. The number of carbonyl (C=O) groups is 2. The summed E-state index contributed by atoms with van der Waals surface area (Å²) >= 11 is 0. The maximum absolute atomic E-state index is 12.8. The van der Waals surface area contributed by atoms with Crippen molar-refractivity contribution in [1.82, 2.24) is 5.32 Å². The molecule has 0 aromatic heterocycles. The Bertz CT molecular complexity index is 848. The van der Waals surface area contributed by atoms with Crippen molar-refractivity contribution in [2.24, 2.45) is 0 Å². The Kier molecular flexibility index (Phi) is 6.07. The van der Waals surface area contributed by atoms with Crippen LogP contribution in [0.25, 0.3) is 0 Å². The van der Waals surface area contributed by atoms with E-state index in [1.807, 2.05) is 0 Å². The van der Waals surface area contributed by atoms with Crippen LogP contribution in [0.4, 0.5) is 18.9 Å². The molecule has 0 amide bonds. The standard InChI is InChI=1S/C18H15F3N2O4/c19-18(20,21)12-6-4-5-11(9-12)10-22-15(14(16(24)25)17(26)27)23-13-7-2-1-3-8-13/h1-9,22-23H,10H2,(H,24,25)(H,26,27). The van der Waals surface area contributed by atoms with E-state index < -0.39 is 29.3 Å². The van der Waals surface area contributed by atoms with Gasteiger partial charge in [-0.05, 0) is 29.8 Å². The zero-order valence-corrected chi connectivity index (χ0v) is 13.7. The first-order valence-electron chi connectivity index (χ1n) is 7.61. The minimum Gasteiger partial charge on any atom is -0.477 e. The second-order valence-corrected chi connectivity index (χ2v) is 5.40. The summed E-state index contributed by atoms with van der Waals surface area (Å²) in [6, 6.07) is 12.6. The number of carboxylic acid groups (broad SMARTS) is 2. The first-order chi connectivity index (χ1) is 12.7. The number of anilines is 1. The predicted molar refractivity (Wildman–Crippen MR) is 90.6 cm³/mol. The Morgan fingerprint density at radius 2 is 1.56 bits per heavy atom. The third-order valence-corrected chi connectivity index (χ3v) is 3.44. The van der Waals surface area contributed by atoms with Gasteiger partial charge in [0.25, 0.3) is 0 Å². The van der Waals surface area contributed by atoms with Crippen molar-refractivity contribution in [2.75, 3.05) is 5.32 Å². The average molecular weight is 380 g/mol. The molecule has 0 heterocycles. The van der Waals surface area contributed by atoms with Gasteiger partial charge >= 0.3 is 18.1 Å². The fourth-order valence-corrected chi connectivity index (χ4v) is 2.21. The first kappa shape index (κ1) is 19.8. The zero-order valence-electron chi connectivity index (χ0n) is 13.7. The van der Waals surface area contributed by atoms with E-state index in [-0.39, 0.29) is 17.9 Å². The lowest BCUT2D eigenvalue weighted by molar-refractivity contribution is -0.140. The van der Waals surface area contributed by atoms with Crippen molar-refractivity contribution in [1.29, 1.82) is 0 Å². The summed E-state index contributed by atoms with van der Waals surface area (Å²) in [4.78, 5) is 22.6. The summed E-state index contributed by atoms with van der Waals surface area (Å²) in [6.45, 7) is -0.219. The van der Waals surface area contributed by atoms with Gasteiger partial charge in [-0.1, -0.05) is 30.3 Å². The SMILES string of the molecule is O=C(O)C(C(=O)O)=C(NCc1cccc(C(F)(F)F)c1)Nc1ccccc1. The van der Waals surface area contributed by atoms with Crippen LogP contribution >= 0.6 is 0 Å². The second-order valence-electron chi connectivity index (χ2n) is 5.40. The molecule has 0 atom stereocenters. The summed E-state index contributed by atoms with van der Waals surface area (Å²) in [6.07, 6.45) is -4.52. The third kappa shape index (κ3) is 5.50. The number of benzene rings is 2. The number of halogens is 3. The minimum atomic E-state index is -4.52. The van der Waals surface area contributed by atoms with Crippen molar-refractivity contribution < 1.29 is 33.0 Å². The fraction of sp³-hybridized carbons (Fsp3) is 0.111. The molecule has 0 bridgehead atoms. The Balaban J connectivity index is 2.31. The van der Waals surface area contributed by atoms with E-state index >= 15 is 0 Å². The molecule has 0 spiro atoms. The maximum atomic E-state index is 12.8. The van der Waals surface area contributed by atoms with Gasteiger partial charge in [0, 0.05) is 12.2 Å². The van der Waals surface area contributed by atoms with Gasteiger partial charge in [-0.15, -0.1) is 0 Å². The number of nitrogens with one attached hydrogen (secondary N) is 2. The molecule has 2 aromatic carbocycles. The summed E-state index contributed by atoms with van der Waals surface area (Å²) in [7, 11) is 0. The van der Waals surface area contributed by atoms with Crippen molar-refractivity contribution >= 4 is 17.6 Å². The van der Waals surface area contributed by atoms with E-state index in [0.717, 1.165) is 12.1 Å². The Morgan fingerprint density at radius 3 is 2.11 bits per heavy atom. The van der Waals surface area contributed by atoms with Gasteiger partial charge in [0.1, 0.15) is 5.82 Å². The molecule has 0 saturated heterocycles. The van der Waals surface area contributed by atoms with E-state index in [2.05, 4.69) is 10.6 Å². The van der Waals surface area contributed by atoms with Gasteiger partial charge in [0.15, 0.2) is 5.57 Å². The van der Waals surface area contributed by atoms with Gasteiger partial charge < -0.3 is 20.8 Å². The largest absolute Gasteiger partial charge is 0.477 e. The predicted octanol–water partition coefficient (Wildman–Crippen LogP) is 3.29. The highest BCUT2D eigenvalue weighted by molar-refractivity contribution is 6.13. The molecular weight excluding hydrogens is 365 g/mol. The molecule has 0 saturated carbocycles. The zero-order chi connectivity index (χ0) is 20.0. The Hall–Kier alpha value is -3.49. The summed E-state index contributed by atoms with van der Waals surface area (Å²) in [5.41, 5.74) is -1.22. The van der Waals surface area contributed by atoms with Crippen LogP contribution in [0.2, 0.25) is 0 Å². The van der Waals surface area contributed by atoms with Crippen LogP contribution < -0.4 is 10.6 Å². The van der Waals surface area contributed by atoms with Gasteiger partial charge in [0.2, 0.25) is 0 Å². The maximum Gasteiger partial charge on any atom is 0.416 e. The fourth-order valence-electron chi connectivity index (χ4n) is 2.21. The monoisotopic (exact) mass is 380 g/mol. The molecule has 2 rings (SSSR count). The number of rotatable bonds is 7. The van der Waals surface area contributed by atoms with Crippen LogP contribution in [0.3, 0.4) is 0 Å². The van der Waals surface area contributed by atoms with E-state index in [1.165, 1.54) is 12.1 Å². The van der Waals surface area contributed by atoms with Crippen molar-refractivity contribution in [3.63, 3.8) is 0 Å². The van der Waals surface area contributed by atoms with Crippen molar-refractivity contribution in [3.8, 4) is 0 Å². The quantitative estimate of drug-likeness (QED) is 0.334. The summed E-state index contributed by atoms with van der Waals surface area (Å²) < 4.78 is 38.4. The van der Waals surface area contributed by atoms with E-state index in [4.69, 9.17) is 0 Å². The van der Waals surface area contributed by atoms with Crippen molar-refractivity contribution in [3.05, 3.63) is 77.1 Å². The van der Waals surface area contributed by atoms with Gasteiger partial charge in [0.05, 0.1) is 5.56 Å². The summed E-state index contributed by atoms with van der Waals surface area (Å²) in [5.74, 6) is -3.74. The van der Waals surface area contributed by atoms with E-state index in [0.29, 0.717) is 5.69 Å². The highest BCUT2D eigenvalue weighted by Crippen LogP contribution is 2.29. The normalized spacial score (nSPS) is 10.8. The molecule has 27 heavy (non-hydrogen) atoms. The molecule has 0 fully saturated rings. The molecule has 2 aromatic rings. The molecule has 0 aliphatic rings. The van der Waals surface area contributed by atoms with Crippen LogP contribution in [0.5, 0.6) is 0 Å². The lowest BCUT2D eigenvalue weighted by Gasteiger charge is -2.16. The summed E-state index contributed by atoms with van der Waals surface area (Å²) in [5, 5.41) is 23.6. The highest BCUT2D eigenvalue weighted by atomic mass is 19.4. The lowest BCUT2D eigenvalue weighted by atomic mass is 10.1. The second kappa shape index (κ2) is 8.26. The highest BCUT2D eigenvalue weighted by Gasteiger charge is 2.30. The Labute approximate surface area is 151 Å². The van der Waals surface area contributed by atoms with Crippen molar-refractivity contribution in [2.45, 2.75) is 12.7 Å². The number of alkyl halides is 3. The minimum absolute atomic E-state index is 0.201. The molecule has 0 radical (unpaired) electrons. The first-order valence-corrected chi connectivity index (χ1v) is 7.61. The number of hydrogen-bond donors (Lipinski definition) is 4. The Morgan fingerprint density at radius 1 is 0.926 bits per heavy atom. The van der Waals surface area contributed by atoms with Crippen LogP contribution in [0.1, 0.15) is 11.1 Å². The molecule has 0 aliphatic heterocycles. The number of carboxylic acids is 2. The van der Waals surface area contributed by atoms with Gasteiger partial charge in [-0.2, -0.15) is 13.2 Å². The smallest absolute Gasteiger partial charge is 0.416 e. The number of aliphatic carboxylic acids is 2. The van der Waals surface area contributed by atoms with Crippen LogP contribution in [-0.2, 0) is 22.3 Å². The van der Waals surface area contributed by atoms with E-state index in [9.17, 15) is 33.0 Å². The molecule has 9 heteroatoms. The molecule has 0 unspecified atom stereocenters. The molecule has 0 aliphatic carbocycles. The van der Waals surface area contributed by atoms with Crippen LogP contribution in [0, 0.1) is 0 Å². The van der Waals surface area contributed by atoms with Crippen LogP contribution in [-0.4, -0.2) is 22.2 Å². The molecule has 6 nitrogen and oxygen atoms in total. The van der Waals surface area contributed by atoms with Crippen LogP contribution in [0.15, 0.2) is 66.0 Å². The lowest BCUT2D eigenvalue weighted by Crippen LogP contribution is -2.27.